The molecule has 0 aromatic heterocycles. The Morgan fingerprint density at radius 2 is 1.59 bits per heavy atom. The van der Waals surface area contributed by atoms with Gasteiger partial charge in [-0.25, -0.2) is 4.79 Å². The maximum Gasteiger partial charge on any atom is 0.407 e. The van der Waals surface area contributed by atoms with E-state index in [0.29, 0.717) is 6.42 Å². The lowest BCUT2D eigenvalue weighted by atomic mass is 9.98. The van der Waals surface area contributed by atoms with Gasteiger partial charge in [0.05, 0.1) is 12.3 Å². The number of amides is 2. The number of benzene rings is 2. The van der Waals surface area contributed by atoms with Crippen molar-refractivity contribution in [3.8, 4) is 11.1 Å². The van der Waals surface area contributed by atoms with Gasteiger partial charge in [-0.3, -0.25) is 9.59 Å². The molecule has 2 aromatic rings. The van der Waals surface area contributed by atoms with Crippen molar-refractivity contribution in [3.05, 3.63) is 59.7 Å². The molecule has 7 nitrogen and oxygen atoms in total. The standard InChI is InChI=1S/C27H30N2O5/c30-25(31)14-15-29(17-12-13-17)26(32)22-10-5-11-24(22)28-27(33)34-16-23-20-8-3-1-6-18(20)19-7-2-4-9-21(19)23/h1-4,6-9,17,22-24H,5,10-16H2,(H,28,33)(H,30,31)/t22-,24+/m1/s1. The van der Waals surface area contributed by atoms with Crippen LogP contribution in [0.5, 0.6) is 0 Å². The highest BCUT2D eigenvalue weighted by Crippen LogP contribution is 2.44. The normalized spacial score (nSPS) is 20.9. The lowest BCUT2D eigenvalue weighted by Gasteiger charge is -2.28. The molecular weight excluding hydrogens is 432 g/mol. The van der Waals surface area contributed by atoms with Crippen molar-refractivity contribution < 1.29 is 24.2 Å². The maximum absolute atomic E-state index is 13.2. The van der Waals surface area contributed by atoms with E-state index in [-0.39, 0.29) is 49.4 Å². The fourth-order valence-corrected chi connectivity index (χ4v) is 5.51. The van der Waals surface area contributed by atoms with Gasteiger partial charge in [0.15, 0.2) is 0 Å². The lowest BCUT2D eigenvalue weighted by Crippen LogP contribution is -2.47. The monoisotopic (exact) mass is 462 g/mol. The topological polar surface area (TPSA) is 95.9 Å². The van der Waals surface area contributed by atoms with E-state index in [4.69, 9.17) is 9.84 Å². The van der Waals surface area contributed by atoms with Gasteiger partial charge in [0.25, 0.3) is 0 Å². The Balaban J connectivity index is 1.21. The summed E-state index contributed by atoms with van der Waals surface area (Å²) in [5.74, 6) is -1.28. The zero-order valence-corrected chi connectivity index (χ0v) is 19.1. The Morgan fingerprint density at radius 1 is 0.941 bits per heavy atom. The molecule has 0 unspecified atom stereocenters. The van der Waals surface area contributed by atoms with E-state index in [1.165, 1.54) is 11.1 Å². The number of carboxylic acid groups (broad SMARTS) is 1. The first-order chi connectivity index (χ1) is 16.5. The highest BCUT2D eigenvalue weighted by Gasteiger charge is 2.41. The first-order valence-corrected chi connectivity index (χ1v) is 12.2. The maximum atomic E-state index is 13.2. The van der Waals surface area contributed by atoms with Crippen molar-refractivity contribution in [2.24, 2.45) is 5.92 Å². The highest BCUT2D eigenvalue weighted by molar-refractivity contribution is 5.82. The number of fused-ring (bicyclic) bond motifs is 3. The fraction of sp³-hybridized carbons (Fsp3) is 0.444. The summed E-state index contributed by atoms with van der Waals surface area (Å²) in [6.45, 7) is 0.463. The van der Waals surface area contributed by atoms with Crippen molar-refractivity contribution in [2.45, 2.75) is 56.5 Å². The van der Waals surface area contributed by atoms with Crippen LogP contribution >= 0.6 is 0 Å². The number of carbonyl (C=O) groups excluding carboxylic acids is 2. The summed E-state index contributed by atoms with van der Waals surface area (Å²) in [7, 11) is 0. The van der Waals surface area contributed by atoms with Crippen molar-refractivity contribution in [1.29, 1.82) is 0 Å². The zero-order valence-electron chi connectivity index (χ0n) is 19.1. The summed E-state index contributed by atoms with van der Waals surface area (Å²) >= 11 is 0. The van der Waals surface area contributed by atoms with Gasteiger partial charge in [-0.1, -0.05) is 55.0 Å². The van der Waals surface area contributed by atoms with Crippen molar-refractivity contribution >= 4 is 18.0 Å². The number of rotatable bonds is 8. The number of hydrogen-bond acceptors (Lipinski definition) is 4. The number of hydrogen-bond donors (Lipinski definition) is 2. The molecule has 2 atom stereocenters. The van der Waals surface area contributed by atoms with Crippen LogP contribution in [0, 0.1) is 5.92 Å². The van der Waals surface area contributed by atoms with Gasteiger partial charge < -0.3 is 20.1 Å². The quantitative estimate of drug-likeness (QED) is 0.614. The molecule has 2 saturated carbocycles. The predicted octanol–water partition coefficient (Wildman–Crippen LogP) is 4.16. The number of carboxylic acids is 1. The second kappa shape index (κ2) is 9.49. The van der Waals surface area contributed by atoms with Crippen LogP contribution in [-0.4, -0.2) is 53.2 Å². The molecule has 0 spiro atoms. The summed E-state index contributed by atoms with van der Waals surface area (Å²) in [4.78, 5) is 38.7. The van der Waals surface area contributed by atoms with Gasteiger partial charge in [-0.05, 0) is 47.9 Å². The molecule has 2 fully saturated rings. The van der Waals surface area contributed by atoms with Gasteiger partial charge in [0.2, 0.25) is 5.91 Å². The Hall–Kier alpha value is -3.35. The van der Waals surface area contributed by atoms with Crippen LogP contribution in [0.2, 0.25) is 0 Å². The molecule has 34 heavy (non-hydrogen) atoms. The number of carbonyl (C=O) groups is 3. The summed E-state index contributed by atoms with van der Waals surface area (Å²) in [6, 6.07) is 16.3. The molecule has 2 N–H and O–H groups in total. The van der Waals surface area contributed by atoms with Crippen LogP contribution in [0.15, 0.2) is 48.5 Å². The molecule has 0 saturated heterocycles. The van der Waals surface area contributed by atoms with Crippen LogP contribution in [0.1, 0.15) is 55.6 Å². The van der Waals surface area contributed by atoms with E-state index in [0.717, 1.165) is 36.8 Å². The van der Waals surface area contributed by atoms with Gasteiger partial charge in [0, 0.05) is 24.5 Å². The van der Waals surface area contributed by atoms with Crippen LogP contribution in [0.3, 0.4) is 0 Å². The minimum Gasteiger partial charge on any atom is -0.481 e. The van der Waals surface area contributed by atoms with Crippen LogP contribution < -0.4 is 5.32 Å². The minimum absolute atomic E-state index is 0.0134. The molecule has 0 heterocycles. The summed E-state index contributed by atoms with van der Waals surface area (Å²) < 4.78 is 5.68. The third-order valence-electron chi connectivity index (χ3n) is 7.32. The smallest absolute Gasteiger partial charge is 0.407 e. The van der Waals surface area contributed by atoms with Crippen molar-refractivity contribution in [3.63, 3.8) is 0 Å². The summed E-state index contributed by atoms with van der Waals surface area (Å²) in [5, 5.41) is 12.0. The van der Waals surface area contributed by atoms with Gasteiger partial charge in [-0.2, -0.15) is 0 Å². The summed E-state index contributed by atoms with van der Waals surface area (Å²) in [5.41, 5.74) is 4.66. The van der Waals surface area contributed by atoms with Crippen molar-refractivity contribution in [2.75, 3.05) is 13.2 Å². The second-order valence-corrected chi connectivity index (χ2v) is 9.52. The Morgan fingerprint density at radius 3 is 2.21 bits per heavy atom. The van der Waals surface area contributed by atoms with Gasteiger partial charge in [-0.15, -0.1) is 0 Å². The van der Waals surface area contributed by atoms with Crippen molar-refractivity contribution in [1.82, 2.24) is 10.2 Å². The Labute approximate surface area is 199 Å². The molecule has 2 amide bonds. The van der Waals surface area contributed by atoms with Crippen LogP contribution in [0.25, 0.3) is 11.1 Å². The molecule has 2 aromatic carbocycles. The molecule has 3 aliphatic carbocycles. The Bertz CT molecular complexity index is 1050. The average Bonchev–Trinajstić information content (AvgIpc) is 3.48. The zero-order chi connectivity index (χ0) is 23.7. The SMILES string of the molecule is O=C(O)CCN(C(=O)[C@@H]1CCC[C@@H]1NC(=O)OCC1c2ccccc2-c2ccccc21)C1CC1. The molecule has 0 radical (unpaired) electrons. The first kappa shape index (κ1) is 22.4. The predicted molar refractivity (Wildman–Crippen MR) is 126 cm³/mol. The average molecular weight is 463 g/mol. The number of nitrogens with zero attached hydrogens (tertiary/aromatic N) is 1. The second-order valence-electron chi connectivity index (χ2n) is 9.52. The van der Waals surface area contributed by atoms with E-state index in [1.807, 2.05) is 24.3 Å². The summed E-state index contributed by atoms with van der Waals surface area (Å²) in [6.07, 6.45) is 3.55. The molecule has 5 rings (SSSR count). The molecule has 0 aliphatic heterocycles. The van der Waals surface area contributed by atoms with E-state index >= 15 is 0 Å². The molecule has 178 valence electrons. The van der Waals surface area contributed by atoms with E-state index in [2.05, 4.69) is 29.6 Å². The molecular formula is C27H30N2O5. The van der Waals surface area contributed by atoms with Crippen LogP contribution in [-0.2, 0) is 14.3 Å². The van der Waals surface area contributed by atoms with Gasteiger partial charge >= 0.3 is 12.1 Å². The third-order valence-corrected chi connectivity index (χ3v) is 7.32. The lowest BCUT2D eigenvalue weighted by molar-refractivity contribution is -0.140. The number of alkyl carbamates (subject to hydrolysis) is 1. The molecule has 3 aliphatic rings. The third kappa shape index (κ3) is 4.52. The highest BCUT2D eigenvalue weighted by atomic mass is 16.5. The van der Waals surface area contributed by atoms with E-state index in [1.54, 1.807) is 4.90 Å². The number of aliphatic carboxylic acids is 1. The van der Waals surface area contributed by atoms with Gasteiger partial charge in [0.1, 0.15) is 6.61 Å². The molecule has 0 bridgehead atoms. The van der Waals surface area contributed by atoms with E-state index < -0.39 is 12.1 Å². The minimum atomic E-state index is -0.904. The fourth-order valence-electron chi connectivity index (χ4n) is 5.51. The van der Waals surface area contributed by atoms with E-state index in [9.17, 15) is 14.4 Å². The number of ether oxygens (including phenoxy) is 1. The number of nitrogens with one attached hydrogen (secondary N) is 1. The molecule has 7 heteroatoms. The largest absolute Gasteiger partial charge is 0.481 e. The first-order valence-electron chi connectivity index (χ1n) is 12.2. The Kier molecular flexibility index (Phi) is 6.26. The van der Waals surface area contributed by atoms with Crippen LogP contribution in [0.4, 0.5) is 4.79 Å².